The SMILES string of the molecule is O=C(c1ccco1)N1Cc2nccn2C[C@H](Cn2cccn2)C1. The van der Waals surface area contributed by atoms with Crippen molar-refractivity contribution in [2.75, 3.05) is 6.54 Å². The number of furan rings is 1. The Kier molecular flexibility index (Phi) is 3.45. The van der Waals surface area contributed by atoms with Crippen molar-refractivity contribution in [3.8, 4) is 0 Å². The van der Waals surface area contributed by atoms with E-state index < -0.39 is 0 Å². The highest BCUT2D eigenvalue weighted by molar-refractivity contribution is 5.91. The van der Waals surface area contributed by atoms with Crippen molar-refractivity contribution in [3.63, 3.8) is 0 Å². The lowest BCUT2D eigenvalue weighted by molar-refractivity contribution is 0.0680. The molecule has 3 aromatic rings. The lowest BCUT2D eigenvalue weighted by Crippen LogP contribution is -2.35. The number of aromatic nitrogens is 4. The molecule has 4 rings (SSSR count). The quantitative estimate of drug-likeness (QED) is 0.737. The third-order valence-corrected chi connectivity index (χ3v) is 4.09. The average molecular weight is 311 g/mol. The molecular formula is C16H17N5O2. The van der Waals surface area contributed by atoms with Crippen LogP contribution in [-0.2, 0) is 19.6 Å². The second kappa shape index (κ2) is 5.75. The van der Waals surface area contributed by atoms with Gasteiger partial charge in [-0.15, -0.1) is 0 Å². The molecule has 3 aromatic heterocycles. The number of carbonyl (C=O) groups excluding carboxylic acids is 1. The van der Waals surface area contributed by atoms with Gasteiger partial charge in [-0.25, -0.2) is 4.98 Å². The first kappa shape index (κ1) is 13.8. The predicted molar refractivity (Wildman–Crippen MR) is 81.4 cm³/mol. The maximum atomic E-state index is 12.7. The molecule has 4 heterocycles. The highest BCUT2D eigenvalue weighted by Crippen LogP contribution is 2.19. The molecule has 1 atom stereocenters. The van der Waals surface area contributed by atoms with E-state index in [2.05, 4.69) is 14.6 Å². The molecule has 7 heteroatoms. The topological polar surface area (TPSA) is 69.1 Å². The molecule has 0 aromatic carbocycles. The Balaban J connectivity index is 1.60. The van der Waals surface area contributed by atoms with E-state index in [1.165, 1.54) is 6.26 Å². The van der Waals surface area contributed by atoms with E-state index in [-0.39, 0.29) is 11.8 Å². The summed E-state index contributed by atoms with van der Waals surface area (Å²) in [5, 5.41) is 4.27. The summed E-state index contributed by atoms with van der Waals surface area (Å²) in [4.78, 5) is 18.8. The van der Waals surface area contributed by atoms with Crippen molar-refractivity contribution >= 4 is 5.91 Å². The van der Waals surface area contributed by atoms with Crippen LogP contribution in [0.3, 0.4) is 0 Å². The molecule has 1 amide bonds. The van der Waals surface area contributed by atoms with Gasteiger partial charge in [-0.05, 0) is 18.2 Å². The third kappa shape index (κ3) is 2.77. The van der Waals surface area contributed by atoms with Crippen LogP contribution in [0.5, 0.6) is 0 Å². The Morgan fingerprint density at radius 2 is 2.22 bits per heavy atom. The molecule has 1 aliphatic heterocycles. The summed E-state index contributed by atoms with van der Waals surface area (Å²) in [6.45, 7) is 2.70. The minimum Gasteiger partial charge on any atom is -0.459 e. The van der Waals surface area contributed by atoms with Gasteiger partial charge >= 0.3 is 0 Å². The Labute approximate surface area is 133 Å². The largest absolute Gasteiger partial charge is 0.459 e. The Bertz CT molecular complexity index is 775. The molecule has 118 valence electrons. The summed E-state index contributed by atoms with van der Waals surface area (Å²) in [5.74, 6) is 1.41. The zero-order valence-electron chi connectivity index (χ0n) is 12.6. The first-order valence-corrected chi connectivity index (χ1v) is 7.60. The fraction of sp³-hybridized carbons (Fsp3) is 0.312. The van der Waals surface area contributed by atoms with Crippen molar-refractivity contribution in [1.29, 1.82) is 0 Å². The summed E-state index contributed by atoms with van der Waals surface area (Å²) >= 11 is 0. The number of hydrogen-bond donors (Lipinski definition) is 0. The summed E-state index contributed by atoms with van der Waals surface area (Å²) < 4.78 is 9.28. The highest BCUT2D eigenvalue weighted by atomic mass is 16.3. The lowest BCUT2D eigenvalue weighted by atomic mass is 10.1. The van der Waals surface area contributed by atoms with Crippen LogP contribution in [0.4, 0.5) is 0 Å². The fourth-order valence-corrected chi connectivity index (χ4v) is 3.04. The van der Waals surface area contributed by atoms with Crippen molar-refractivity contribution in [2.45, 2.75) is 19.6 Å². The van der Waals surface area contributed by atoms with Gasteiger partial charge in [0, 0.05) is 50.3 Å². The third-order valence-electron chi connectivity index (χ3n) is 4.09. The maximum absolute atomic E-state index is 12.7. The number of fused-ring (bicyclic) bond motifs is 1. The highest BCUT2D eigenvalue weighted by Gasteiger charge is 2.27. The van der Waals surface area contributed by atoms with Crippen molar-refractivity contribution in [1.82, 2.24) is 24.2 Å². The smallest absolute Gasteiger partial charge is 0.289 e. The van der Waals surface area contributed by atoms with Crippen LogP contribution in [-0.4, -0.2) is 36.7 Å². The fourth-order valence-electron chi connectivity index (χ4n) is 3.04. The molecule has 7 nitrogen and oxygen atoms in total. The van der Waals surface area contributed by atoms with Gasteiger partial charge in [0.05, 0.1) is 12.8 Å². The number of nitrogens with zero attached hydrogens (tertiary/aromatic N) is 5. The minimum atomic E-state index is -0.100. The molecule has 0 saturated carbocycles. The number of carbonyl (C=O) groups is 1. The summed E-state index contributed by atoms with van der Waals surface area (Å²) in [7, 11) is 0. The number of imidazole rings is 1. The average Bonchev–Trinajstić information content (AvgIpc) is 3.28. The maximum Gasteiger partial charge on any atom is 0.289 e. The molecule has 0 aliphatic carbocycles. The van der Waals surface area contributed by atoms with Gasteiger partial charge in [0.15, 0.2) is 5.76 Å². The second-order valence-electron chi connectivity index (χ2n) is 5.75. The van der Waals surface area contributed by atoms with Crippen LogP contribution in [0, 0.1) is 5.92 Å². The van der Waals surface area contributed by atoms with E-state index in [4.69, 9.17) is 4.42 Å². The minimum absolute atomic E-state index is 0.100. The van der Waals surface area contributed by atoms with Crippen LogP contribution in [0.25, 0.3) is 0 Å². The predicted octanol–water partition coefficient (Wildman–Crippen LogP) is 1.64. The molecule has 0 radical (unpaired) electrons. The molecule has 0 bridgehead atoms. The van der Waals surface area contributed by atoms with E-state index in [1.807, 2.05) is 23.1 Å². The lowest BCUT2D eigenvalue weighted by Gasteiger charge is -2.23. The van der Waals surface area contributed by atoms with Gasteiger partial charge in [-0.2, -0.15) is 5.10 Å². The zero-order chi connectivity index (χ0) is 15.6. The molecule has 0 N–H and O–H groups in total. The van der Waals surface area contributed by atoms with E-state index in [1.54, 1.807) is 29.4 Å². The molecule has 23 heavy (non-hydrogen) atoms. The van der Waals surface area contributed by atoms with E-state index in [0.717, 1.165) is 18.9 Å². The molecule has 0 spiro atoms. The van der Waals surface area contributed by atoms with Gasteiger partial charge in [-0.1, -0.05) is 0 Å². The van der Waals surface area contributed by atoms with E-state index >= 15 is 0 Å². The van der Waals surface area contributed by atoms with Gasteiger partial charge in [0.1, 0.15) is 5.82 Å². The Morgan fingerprint density at radius 1 is 1.26 bits per heavy atom. The second-order valence-corrected chi connectivity index (χ2v) is 5.75. The van der Waals surface area contributed by atoms with Crippen LogP contribution < -0.4 is 0 Å². The summed E-state index contributed by atoms with van der Waals surface area (Å²) in [5.41, 5.74) is 0. The molecule has 0 fully saturated rings. The Morgan fingerprint density at radius 3 is 3.00 bits per heavy atom. The summed E-state index contributed by atoms with van der Waals surface area (Å²) in [6.07, 6.45) is 8.98. The standard InChI is InChI=1S/C16H17N5O2/c22-16(14-3-1-8-23-14)20-10-13(11-21-6-2-4-18-21)9-19-7-5-17-15(19)12-20/h1-8,13H,9-12H2/t13-/m0/s1. The van der Waals surface area contributed by atoms with Gasteiger partial charge < -0.3 is 13.9 Å². The number of rotatable bonds is 3. The summed E-state index contributed by atoms with van der Waals surface area (Å²) in [6, 6.07) is 5.33. The molecule has 1 aliphatic rings. The van der Waals surface area contributed by atoms with Gasteiger partial charge in [-0.3, -0.25) is 9.48 Å². The van der Waals surface area contributed by atoms with Crippen LogP contribution in [0.1, 0.15) is 16.4 Å². The Hall–Kier alpha value is -2.83. The van der Waals surface area contributed by atoms with E-state index in [9.17, 15) is 4.79 Å². The van der Waals surface area contributed by atoms with Crippen molar-refractivity contribution in [2.24, 2.45) is 5.92 Å². The van der Waals surface area contributed by atoms with Crippen molar-refractivity contribution < 1.29 is 9.21 Å². The molecular weight excluding hydrogens is 294 g/mol. The number of amides is 1. The van der Waals surface area contributed by atoms with E-state index in [0.29, 0.717) is 18.8 Å². The molecule has 0 saturated heterocycles. The monoisotopic (exact) mass is 311 g/mol. The van der Waals surface area contributed by atoms with Gasteiger partial charge in [0.2, 0.25) is 0 Å². The number of hydrogen-bond acceptors (Lipinski definition) is 4. The van der Waals surface area contributed by atoms with Crippen LogP contribution in [0.15, 0.2) is 53.7 Å². The van der Waals surface area contributed by atoms with Crippen molar-refractivity contribution in [3.05, 3.63) is 60.8 Å². The van der Waals surface area contributed by atoms with Crippen LogP contribution in [0.2, 0.25) is 0 Å². The van der Waals surface area contributed by atoms with Crippen LogP contribution >= 0.6 is 0 Å². The zero-order valence-corrected chi connectivity index (χ0v) is 12.6. The normalized spacial score (nSPS) is 17.7. The van der Waals surface area contributed by atoms with Gasteiger partial charge in [0.25, 0.3) is 5.91 Å². The first-order chi connectivity index (χ1) is 11.3. The first-order valence-electron chi connectivity index (χ1n) is 7.60. The molecule has 0 unspecified atom stereocenters.